The van der Waals surface area contributed by atoms with E-state index in [0.29, 0.717) is 19.3 Å². The van der Waals surface area contributed by atoms with E-state index in [1.807, 2.05) is 6.92 Å². The highest BCUT2D eigenvalue weighted by Gasteiger charge is 2.67. The third kappa shape index (κ3) is 17.3. The molecule has 0 aromatic carbocycles. The van der Waals surface area contributed by atoms with Crippen LogP contribution in [0.25, 0.3) is 0 Å². The number of carboxylic acid groups (broad SMARTS) is 2. The van der Waals surface area contributed by atoms with Gasteiger partial charge in [-0.2, -0.15) is 16.8 Å². The molecule has 0 spiro atoms. The van der Waals surface area contributed by atoms with Gasteiger partial charge in [0.15, 0.2) is 5.25 Å². The van der Waals surface area contributed by atoms with Gasteiger partial charge in [0.05, 0.1) is 25.0 Å². The van der Waals surface area contributed by atoms with E-state index in [0.717, 1.165) is 70.6 Å². The van der Waals surface area contributed by atoms with Crippen molar-refractivity contribution in [3.05, 3.63) is 0 Å². The van der Waals surface area contributed by atoms with E-state index < -0.39 is 72.4 Å². The van der Waals surface area contributed by atoms with Crippen molar-refractivity contribution in [2.24, 2.45) is 5.41 Å². The second-order valence-electron chi connectivity index (χ2n) is 12.6. The quantitative estimate of drug-likeness (QED) is 0.0341. The smallest absolute Gasteiger partial charge is 0.328 e. The first-order chi connectivity index (χ1) is 23.4. The van der Waals surface area contributed by atoms with Gasteiger partial charge >= 0.3 is 23.9 Å². The second kappa shape index (κ2) is 26.5. The van der Waals surface area contributed by atoms with E-state index in [-0.39, 0.29) is 32.5 Å². The molecule has 0 aliphatic carbocycles. The van der Waals surface area contributed by atoms with E-state index in [2.05, 4.69) is 13.8 Å². The molecule has 0 saturated carbocycles. The van der Waals surface area contributed by atoms with Crippen LogP contribution in [0.3, 0.4) is 0 Å². The lowest BCUT2D eigenvalue weighted by Crippen LogP contribution is -2.62. The molecule has 0 amide bonds. The summed E-state index contributed by atoms with van der Waals surface area (Å²) in [5.41, 5.74) is -2.07. The molecule has 2 atom stereocenters. The van der Waals surface area contributed by atoms with Crippen LogP contribution in [-0.2, 0) is 48.9 Å². The molecule has 0 heterocycles. The fourth-order valence-corrected chi connectivity index (χ4v) is 8.02. The summed E-state index contributed by atoms with van der Waals surface area (Å²) in [4.78, 5) is 47.3. The Balaban J connectivity index is 0. The van der Waals surface area contributed by atoms with E-state index in [4.69, 9.17) is 9.47 Å². The van der Waals surface area contributed by atoms with Gasteiger partial charge in [-0.1, -0.05) is 125 Å². The third-order valence-corrected chi connectivity index (χ3v) is 11.8. The Labute approximate surface area is 300 Å². The molecule has 50 heavy (non-hydrogen) atoms. The Kier molecular flexibility index (Phi) is 26.4. The van der Waals surface area contributed by atoms with Gasteiger partial charge in [-0.05, 0) is 32.1 Å². The number of carbonyl (C=O) groups excluding carboxylic acids is 2. The minimum Gasteiger partial charge on any atom is -0.481 e. The average molecular weight is 761 g/mol. The predicted molar refractivity (Wildman–Crippen MR) is 190 cm³/mol. The Bertz CT molecular complexity index is 1200. The number of rotatable bonds is 29. The maximum absolute atomic E-state index is 12.0. The van der Waals surface area contributed by atoms with Gasteiger partial charge in [0.25, 0.3) is 20.2 Å². The lowest BCUT2D eigenvalue weighted by atomic mass is 9.68. The first-order valence-electron chi connectivity index (χ1n) is 18.1. The minimum atomic E-state index is -5.12. The van der Waals surface area contributed by atoms with Crippen molar-refractivity contribution in [3.63, 3.8) is 0 Å². The van der Waals surface area contributed by atoms with Crippen LogP contribution in [0.4, 0.5) is 0 Å². The summed E-state index contributed by atoms with van der Waals surface area (Å²) in [6.45, 7) is 9.29. The van der Waals surface area contributed by atoms with Crippen LogP contribution in [0.1, 0.15) is 163 Å². The molecule has 296 valence electrons. The Morgan fingerprint density at radius 1 is 0.580 bits per heavy atom. The number of carbonyl (C=O) groups is 4. The summed E-state index contributed by atoms with van der Waals surface area (Å²) >= 11 is 0. The molecule has 0 bridgehead atoms. The van der Waals surface area contributed by atoms with Gasteiger partial charge in [-0.3, -0.25) is 28.3 Å². The first-order valence-corrected chi connectivity index (χ1v) is 21.1. The fourth-order valence-electron chi connectivity index (χ4n) is 5.87. The molecule has 0 aromatic heterocycles. The Hall–Kier alpha value is -2.30. The molecule has 16 heteroatoms. The topological polar surface area (TPSA) is 236 Å². The van der Waals surface area contributed by atoms with Crippen molar-refractivity contribution >= 4 is 44.1 Å². The highest BCUT2D eigenvalue weighted by atomic mass is 32.2. The number of esters is 2. The number of ether oxygens (including phenoxy) is 2. The van der Waals surface area contributed by atoms with Crippen molar-refractivity contribution < 1.29 is 64.8 Å². The van der Waals surface area contributed by atoms with Crippen LogP contribution in [0.5, 0.6) is 0 Å². The number of unbranched alkanes of at least 4 members (excludes halogenated alkanes) is 13. The summed E-state index contributed by atoms with van der Waals surface area (Å²) in [5.74, 6) is -5.26. The monoisotopic (exact) mass is 760 g/mol. The summed E-state index contributed by atoms with van der Waals surface area (Å²) in [7, 11) is -9.86. The molecule has 14 nitrogen and oxygen atoms in total. The molecule has 2 unspecified atom stereocenters. The standard InChI is InChI=1S/C20H38O7S.C14H26O7S/c1-3-5-7-9-11-13-15-26-19(21)17-18(28(23,24)25)20(22)27-16-14-12-10-8-6-4-2;1-4-7-8-9-10-14(12(17)18,22(19,20)21)13(5-2,6-3)11(15)16/h18H,3-17H2,1-2H3,(H,23,24,25);4-10H2,1-3H3,(H,15,16)(H,17,18)(H,19,20,21). The zero-order valence-electron chi connectivity index (χ0n) is 30.8. The first kappa shape index (κ1) is 49.8. The van der Waals surface area contributed by atoms with Crippen LogP contribution in [-0.4, -0.2) is 83.2 Å². The van der Waals surface area contributed by atoms with Gasteiger partial charge in [-0.15, -0.1) is 0 Å². The lowest BCUT2D eigenvalue weighted by Gasteiger charge is -2.41. The number of hydrogen-bond donors (Lipinski definition) is 4. The molecule has 0 fully saturated rings. The molecule has 4 N–H and O–H groups in total. The summed E-state index contributed by atoms with van der Waals surface area (Å²) < 4.78 is 72.8. The van der Waals surface area contributed by atoms with Gasteiger partial charge in [-0.25, -0.2) is 0 Å². The molecule has 0 rings (SSSR count). The van der Waals surface area contributed by atoms with E-state index in [1.165, 1.54) is 20.3 Å². The van der Waals surface area contributed by atoms with Gasteiger partial charge < -0.3 is 19.7 Å². The van der Waals surface area contributed by atoms with Crippen LogP contribution < -0.4 is 0 Å². The largest absolute Gasteiger partial charge is 0.481 e. The predicted octanol–water partition coefficient (Wildman–Crippen LogP) is 7.00. The second-order valence-corrected chi connectivity index (χ2v) is 15.9. The molecule has 0 aliphatic heterocycles. The molecule has 0 radical (unpaired) electrons. The van der Waals surface area contributed by atoms with Crippen molar-refractivity contribution in [1.29, 1.82) is 0 Å². The van der Waals surface area contributed by atoms with Crippen molar-refractivity contribution in [3.8, 4) is 0 Å². The fraction of sp³-hybridized carbons (Fsp3) is 0.882. The maximum atomic E-state index is 12.0. The van der Waals surface area contributed by atoms with E-state index in [1.54, 1.807) is 0 Å². The molecule has 0 aliphatic rings. The SMILES string of the molecule is CCCCCCC(C(=O)O)(C(CC)(CC)C(=O)O)S(=O)(=O)O.CCCCCCCCOC(=O)CC(C(=O)OCCCCCCCC)S(=O)(=O)O. The lowest BCUT2D eigenvalue weighted by molar-refractivity contribution is -0.161. The summed E-state index contributed by atoms with van der Waals surface area (Å²) in [6, 6.07) is 0. The zero-order valence-corrected chi connectivity index (χ0v) is 32.5. The third-order valence-electron chi connectivity index (χ3n) is 9.04. The average Bonchev–Trinajstić information content (AvgIpc) is 3.03. The van der Waals surface area contributed by atoms with Crippen molar-refractivity contribution in [2.75, 3.05) is 13.2 Å². The summed E-state index contributed by atoms with van der Waals surface area (Å²) in [5, 5.41) is 17.2. The highest BCUT2D eigenvalue weighted by molar-refractivity contribution is 7.88. The minimum absolute atomic E-state index is 0.0732. The van der Waals surface area contributed by atoms with Crippen molar-refractivity contribution in [1.82, 2.24) is 0 Å². The Morgan fingerprint density at radius 3 is 1.34 bits per heavy atom. The normalized spacial score (nSPS) is 13.7. The summed E-state index contributed by atoms with van der Waals surface area (Å²) in [6.07, 6.45) is 12.9. The highest BCUT2D eigenvalue weighted by Crippen LogP contribution is 2.47. The van der Waals surface area contributed by atoms with E-state index >= 15 is 0 Å². The van der Waals surface area contributed by atoms with Crippen LogP contribution in [0.2, 0.25) is 0 Å². The van der Waals surface area contributed by atoms with Crippen LogP contribution in [0.15, 0.2) is 0 Å². The van der Waals surface area contributed by atoms with E-state index in [9.17, 15) is 55.3 Å². The Morgan fingerprint density at radius 2 is 0.980 bits per heavy atom. The molecule has 0 aromatic rings. The van der Waals surface area contributed by atoms with Gasteiger partial charge in [0.1, 0.15) is 0 Å². The maximum Gasteiger partial charge on any atom is 0.328 e. The van der Waals surface area contributed by atoms with Crippen LogP contribution in [0, 0.1) is 5.41 Å². The zero-order chi connectivity index (χ0) is 38.9. The molecular weight excluding hydrogens is 696 g/mol. The molecule has 0 saturated heterocycles. The van der Waals surface area contributed by atoms with Crippen molar-refractivity contribution in [2.45, 2.75) is 173 Å². The van der Waals surface area contributed by atoms with Gasteiger partial charge in [0, 0.05) is 0 Å². The van der Waals surface area contributed by atoms with Gasteiger partial charge in [0.2, 0.25) is 4.75 Å². The van der Waals surface area contributed by atoms with Crippen LogP contribution >= 0.6 is 0 Å². The number of aliphatic carboxylic acids is 2. The molecular formula is C34H64O14S2. The number of carboxylic acids is 2. The number of hydrogen-bond acceptors (Lipinski definition) is 10.